The molecule has 1 aliphatic rings. The van der Waals surface area contributed by atoms with Crippen LogP contribution in [0.4, 0.5) is 5.69 Å². The van der Waals surface area contributed by atoms with E-state index in [9.17, 15) is 9.59 Å². The summed E-state index contributed by atoms with van der Waals surface area (Å²) in [5, 5.41) is 2.98. The van der Waals surface area contributed by atoms with Crippen molar-refractivity contribution >= 4 is 38.6 Å². The number of carbonyl (C=O) groups excluding carboxylic acids is 1. The van der Waals surface area contributed by atoms with Gasteiger partial charge in [0.25, 0.3) is 0 Å². The Labute approximate surface area is 194 Å². The number of amides is 1. The SMILES string of the molecule is COc1cc(NC(=O)C2CCC(n3c(=O)[nH]c4c(Br)cccc43)CC2)cc(OC)c1OC. The summed E-state index contributed by atoms with van der Waals surface area (Å²) in [5.74, 6) is 1.26. The van der Waals surface area contributed by atoms with Crippen LogP contribution in [-0.4, -0.2) is 36.8 Å². The lowest BCUT2D eigenvalue weighted by molar-refractivity contribution is -0.121. The number of carbonyl (C=O) groups is 1. The van der Waals surface area contributed by atoms with Crippen LogP contribution in [0.25, 0.3) is 11.0 Å². The lowest BCUT2D eigenvalue weighted by Gasteiger charge is -2.28. The first-order valence-electron chi connectivity index (χ1n) is 10.5. The number of aromatic amines is 1. The fourth-order valence-electron chi connectivity index (χ4n) is 4.47. The van der Waals surface area contributed by atoms with E-state index in [1.165, 1.54) is 21.3 Å². The molecule has 1 amide bonds. The lowest BCUT2D eigenvalue weighted by Crippen LogP contribution is -2.31. The molecule has 8 nitrogen and oxygen atoms in total. The molecule has 2 aromatic carbocycles. The molecule has 1 fully saturated rings. The Balaban J connectivity index is 1.46. The molecule has 1 saturated carbocycles. The highest BCUT2D eigenvalue weighted by Crippen LogP contribution is 2.40. The van der Waals surface area contributed by atoms with Gasteiger partial charge < -0.3 is 24.5 Å². The van der Waals surface area contributed by atoms with Gasteiger partial charge in [0.2, 0.25) is 11.7 Å². The summed E-state index contributed by atoms with van der Waals surface area (Å²) < 4.78 is 18.7. The molecule has 0 unspecified atom stereocenters. The average molecular weight is 504 g/mol. The minimum atomic E-state index is -0.127. The van der Waals surface area contributed by atoms with Crippen LogP contribution in [0.1, 0.15) is 31.7 Å². The van der Waals surface area contributed by atoms with Crippen molar-refractivity contribution in [2.45, 2.75) is 31.7 Å². The molecule has 0 bridgehead atoms. The van der Waals surface area contributed by atoms with Crippen LogP contribution in [0.2, 0.25) is 0 Å². The molecule has 9 heteroatoms. The van der Waals surface area contributed by atoms with E-state index >= 15 is 0 Å². The third-order valence-electron chi connectivity index (χ3n) is 6.07. The minimum absolute atomic E-state index is 0.0493. The van der Waals surface area contributed by atoms with E-state index in [1.807, 2.05) is 22.8 Å². The zero-order chi connectivity index (χ0) is 22.8. The summed E-state index contributed by atoms with van der Waals surface area (Å²) >= 11 is 3.50. The summed E-state index contributed by atoms with van der Waals surface area (Å²) in [6, 6.07) is 9.28. The van der Waals surface area contributed by atoms with Crippen LogP contribution in [0.5, 0.6) is 17.2 Å². The summed E-state index contributed by atoms with van der Waals surface area (Å²) in [4.78, 5) is 28.5. The number of halogens is 1. The number of aromatic nitrogens is 2. The zero-order valence-corrected chi connectivity index (χ0v) is 19.8. The Morgan fingerprint density at radius 1 is 1.06 bits per heavy atom. The molecule has 3 aromatic rings. The molecular formula is C23H26BrN3O5. The van der Waals surface area contributed by atoms with Gasteiger partial charge in [-0.05, 0) is 53.7 Å². The standard InChI is InChI=1S/C23H26BrN3O5/c1-30-18-11-14(12-19(31-2)21(18)32-3)25-22(28)13-7-9-15(10-8-13)27-17-6-4-5-16(24)20(17)26-23(27)29/h4-6,11-13,15H,7-10H2,1-3H3,(H,25,28)(H,26,29). The highest BCUT2D eigenvalue weighted by Gasteiger charge is 2.29. The van der Waals surface area contributed by atoms with Crippen LogP contribution >= 0.6 is 15.9 Å². The number of imidazole rings is 1. The first kappa shape index (κ1) is 22.3. The van der Waals surface area contributed by atoms with Gasteiger partial charge in [0.05, 0.1) is 32.4 Å². The minimum Gasteiger partial charge on any atom is -0.493 e. The maximum Gasteiger partial charge on any atom is 0.326 e. The fraction of sp³-hybridized carbons (Fsp3) is 0.391. The Morgan fingerprint density at radius 2 is 1.72 bits per heavy atom. The average Bonchev–Trinajstić information content (AvgIpc) is 3.15. The number of rotatable bonds is 6. The molecule has 0 spiro atoms. The second-order valence-electron chi connectivity index (χ2n) is 7.84. The molecular weight excluding hydrogens is 478 g/mol. The maximum absolute atomic E-state index is 12.9. The second kappa shape index (κ2) is 9.28. The largest absolute Gasteiger partial charge is 0.493 e. The van der Waals surface area contributed by atoms with Crippen molar-refractivity contribution in [2.24, 2.45) is 5.92 Å². The Morgan fingerprint density at radius 3 is 2.31 bits per heavy atom. The number of methoxy groups -OCH3 is 3. The highest BCUT2D eigenvalue weighted by molar-refractivity contribution is 9.10. The number of nitrogens with zero attached hydrogens (tertiary/aromatic N) is 1. The monoisotopic (exact) mass is 503 g/mol. The summed E-state index contributed by atoms with van der Waals surface area (Å²) in [6.07, 6.45) is 2.92. The summed E-state index contributed by atoms with van der Waals surface area (Å²) in [5.41, 5.74) is 2.16. The smallest absolute Gasteiger partial charge is 0.326 e. The van der Waals surface area contributed by atoms with Crippen LogP contribution in [-0.2, 0) is 4.79 Å². The van der Waals surface area contributed by atoms with Gasteiger partial charge in [-0.3, -0.25) is 9.36 Å². The van der Waals surface area contributed by atoms with Crippen molar-refractivity contribution in [1.29, 1.82) is 0 Å². The van der Waals surface area contributed by atoms with Gasteiger partial charge in [0, 0.05) is 34.3 Å². The van der Waals surface area contributed by atoms with E-state index in [-0.39, 0.29) is 23.6 Å². The third-order valence-corrected chi connectivity index (χ3v) is 6.73. The number of ether oxygens (including phenoxy) is 3. The van der Waals surface area contributed by atoms with Crippen molar-refractivity contribution in [1.82, 2.24) is 9.55 Å². The Hall–Kier alpha value is -2.94. The maximum atomic E-state index is 12.9. The van der Waals surface area contributed by atoms with Crippen molar-refractivity contribution in [2.75, 3.05) is 26.6 Å². The molecule has 0 aliphatic heterocycles. The van der Waals surface area contributed by atoms with Gasteiger partial charge >= 0.3 is 5.69 Å². The number of para-hydroxylation sites is 1. The van der Waals surface area contributed by atoms with Gasteiger partial charge in [-0.25, -0.2) is 4.79 Å². The molecule has 2 N–H and O–H groups in total. The molecule has 1 aliphatic carbocycles. The predicted molar refractivity (Wildman–Crippen MR) is 126 cm³/mol. The second-order valence-corrected chi connectivity index (χ2v) is 8.70. The molecule has 32 heavy (non-hydrogen) atoms. The van der Waals surface area contributed by atoms with Crippen LogP contribution < -0.4 is 25.2 Å². The molecule has 0 saturated heterocycles. The first-order chi connectivity index (χ1) is 15.5. The van der Waals surface area contributed by atoms with Crippen LogP contribution in [0, 0.1) is 5.92 Å². The van der Waals surface area contributed by atoms with Gasteiger partial charge in [-0.2, -0.15) is 0 Å². The van der Waals surface area contributed by atoms with E-state index in [0.29, 0.717) is 35.8 Å². The number of hydrogen-bond acceptors (Lipinski definition) is 5. The van der Waals surface area contributed by atoms with Gasteiger partial charge in [-0.1, -0.05) is 6.07 Å². The highest BCUT2D eigenvalue weighted by atomic mass is 79.9. The summed E-state index contributed by atoms with van der Waals surface area (Å²) in [7, 11) is 4.61. The summed E-state index contributed by atoms with van der Waals surface area (Å²) in [6.45, 7) is 0. The van der Waals surface area contributed by atoms with E-state index in [4.69, 9.17) is 14.2 Å². The molecule has 170 valence electrons. The zero-order valence-electron chi connectivity index (χ0n) is 18.2. The topological polar surface area (TPSA) is 94.6 Å². The van der Waals surface area contributed by atoms with Gasteiger partial charge in [-0.15, -0.1) is 0 Å². The number of anilines is 1. The van der Waals surface area contributed by atoms with Crippen LogP contribution in [0.15, 0.2) is 39.6 Å². The van der Waals surface area contributed by atoms with E-state index in [2.05, 4.69) is 26.2 Å². The molecule has 0 radical (unpaired) electrons. The Kier molecular flexibility index (Phi) is 6.45. The fourth-order valence-corrected chi connectivity index (χ4v) is 4.92. The lowest BCUT2D eigenvalue weighted by atomic mass is 9.85. The van der Waals surface area contributed by atoms with Gasteiger partial charge in [0.15, 0.2) is 11.5 Å². The molecule has 1 heterocycles. The van der Waals surface area contributed by atoms with E-state index in [0.717, 1.165) is 28.3 Å². The van der Waals surface area contributed by atoms with Crippen molar-refractivity contribution in [3.05, 3.63) is 45.3 Å². The number of nitrogens with one attached hydrogen (secondary N) is 2. The third kappa shape index (κ3) is 4.09. The van der Waals surface area contributed by atoms with Crippen molar-refractivity contribution in [3.8, 4) is 17.2 Å². The Bertz CT molecular complexity index is 1170. The molecule has 4 rings (SSSR count). The van der Waals surface area contributed by atoms with Crippen molar-refractivity contribution < 1.29 is 19.0 Å². The number of benzene rings is 2. The van der Waals surface area contributed by atoms with Crippen molar-refractivity contribution in [3.63, 3.8) is 0 Å². The van der Waals surface area contributed by atoms with E-state index in [1.54, 1.807) is 12.1 Å². The number of H-pyrrole nitrogens is 1. The quantitative estimate of drug-likeness (QED) is 0.516. The number of hydrogen-bond donors (Lipinski definition) is 2. The first-order valence-corrected chi connectivity index (χ1v) is 11.3. The van der Waals surface area contributed by atoms with Gasteiger partial charge in [0.1, 0.15) is 0 Å². The predicted octanol–water partition coefficient (Wildman–Crippen LogP) is 4.49. The normalized spacial score (nSPS) is 18.4. The van der Waals surface area contributed by atoms with E-state index < -0.39 is 0 Å². The van der Waals surface area contributed by atoms with Crippen LogP contribution in [0.3, 0.4) is 0 Å². The molecule has 0 atom stereocenters. The number of fused-ring (bicyclic) bond motifs is 1. The molecule has 1 aromatic heterocycles.